The maximum absolute atomic E-state index is 10.8. The molecule has 0 amide bonds. The molecule has 0 N–H and O–H groups in total. The Morgan fingerprint density at radius 1 is 1.13 bits per heavy atom. The predicted octanol–water partition coefficient (Wildman–Crippen LogP) is 3.54. The second-order valence-corrected chi connectivity index (χ2v) is 7.78. The lowest BCUT2D eigenvalue weighted by atomic mass is 10.2. The molecule has 31 heavy (non-hydrogen) atoms. The standard InChI is InChI=1S/C19H17N7O4S/c1-12(17-20-21-18(30-17)14-5-7-15(8-6-14)26(27)28)31-19-22-23-24-25(19)11-13-3-9-16(29-2)10-4-13/h3-10,12H,11H2,1-2H3. The topological polar surface area (TPSA) is 135 Å². The van der Waals surface area contributed by atoms with Crippen LogP contribution in [0.25, 0.3) is 11.5 Å². The van der Waals surface area contributed by atoms with Crippen molar-refractivity contribution in [1.29, 1.82) is 0 Å². The summed E-state index contributed by atoms with van der Waals surface area (Å²) in [5.41, 5.74) is 1.63. The van der Waals surface area contributed by atoms with E-state index in [1.54, 1.807) is 23.9 Å². The van der Waals surface area contributed by atoms with Crippen molar-refractivity contribution in [3.05, 3.63) is 70.1 Å². The van der Waals surface area contributed by atoms with Crippen molar-refractivity contribution in [2.45, 2.75) is 23.9 Å². The Morgan fingerprint density at radius 2 is 1.87 bits per heavy atom. The molecule has 4 rings (SSSR count). The van der Waals surface area contributed by atoms with Crippen molar-refractivity contribution >= 4 is 17.4 Å². The number of nitro groups is 1. The molecule has 0 fully saturated rings. The third-order valence-corrected chi connectivity index (χ3v) is 5.44. The summed E-state index contributed by atoms with van der Waals surface area (Å²) in [7, 11) is 1.62. The molecule has 12 heteroatoms. The van der Waals surface area contributed by atoms with Crippen molar-refractivity contribution in [2.24, 2.45) is 0 Å². The monoisotopic (exact) mass is 439 g/mol. The van der Waals surface area contributed by atoms with Crippen molar-refractivity contribution in [3.63, 3.8) is 0 Å². The van der Waals surface area contributed by atoms with Crippen LogP contribution in [0, 0.1) is 10.1 Å². The first-order valence-electron chi connectivity index (χ1n) is 9.17. The first kappa shape index (κ1) is 20.5. The van der Waals surface area contributed by atoms with Crippen molar-refractivity contribution in [1.82, 2.24) is 30.4 Å². The number of methoxy groups -OCH3 is 1. The largest absolute Gasteiger partial charge is 0.497 e. The van der Waals surface area contributed by atoms with Crippen LogP contribution in [0.1, 0.15) is 23.6 Å². The molecule has 2 heterocycles. The van der Waals surface area contributed by atoms with Crippen LogP contribution in [0.2, 0.25) is 0 Å². The van der Waals surface area contributed by atoms with Crippen LogP contribution in [-0.4, -0.2) is 42.4 Å². The summed E-state index contributed by atoms with van der Waals surface area (Å²) in [5.74, 6) is 1.47. The fourth-order valence-electron chi connectivity index (χ4n) is 2.73. The first-order chi connectivity index (χ1) is 15.0. The molecule has 0 saturated heterocycles. The minimum atomic E-state index is -0.460. The third-order valence-electron chi connectivity index (χ3n) is 4.39. The lowest BCUT2D eigenvalue weighted by Crippen LogP contribution is -2.04. The quantitative estimate of drug-likeness (QED) is 0.228. The zero-order valence-electron chi connectivity index (χ0n) is 16.6. The van der Waals surface area contributed by atoms with Crippen LogP contribution in [0.3, 0.4) is 0 Å². The zero-order chi connectivity index (χ0) is 21.8. The van der Waals surface area contributed by atoms with E-state index in [1.807, 2.05) is 31.2 Å². The van der Waals surface area contributed by atoms with Gasteiger partial charge in [-0.05, 0) is 47.2 Å². The van der Waals surface area contributed by atoms with Gasteiger partial charge in [0.25, 0.3) is 5.69 Å². The Hall–Kier alpha value is -3.80. The van der Waals surface area contributed by atoms with Gasteiger partial charge in [-0.1, -0.05) is 23.9 Å². The summed E-state index contributed by atoms with van der Waals surface area (Å²) in [4.78, 5) is 10.3. The third kappa shape index (κ3) is 4.69. The molecule has 2 aromatic carbocycles. The number of non-ortho nitro benzene ring substituents is 1. The number of aromatic nitrogens is 6. The van der Waals surface area contributed by atoms with Crippen LogP contribution in [0.5, 0.6) is 5.75 Å². The average Bonchev–Trinajstić information content (AvgIpc) is 3.44. The van der Waals surface area contributed by atoms with Gasteiger partial charge in [0, 0.05) is 17.7 Å². The summed E-state index contributed by atoms with van der Waals surface area (Å²) in [6, 6.07) is 13.6. The second-order valence-electron chi connectivity index (χ2n) is 6.48. The van der Waals surface area contributed by atoms with Gasteiger partial charge in [0.2, 0.25) is 16.9 Å². The van der Waals surface area contributed by atoms with E-state index in [0.717, 1.165) is 11.3 Å². The number of nitrogens with zero attached hydrogens (tertiary/aromatic N) is 7. The maximum Gasteiger partial charge on any atom is 0.269 e. The summed E-state index contributed by atoms with van der Waals surface area (Å²) in [6.45, 7) is 2.41. The van der Waals surface area contributed by atoms with E-state index >= 15 is 0 Å². The van der Waals surface area contributed by atoms with Crippen molar-refractivity contribution < 1.29 is 14.1 Å². The van der Waals surface area contributed by atoms with Gasteiger partial charge in [-0.3, -0.25) is 10.1 Å². The molecule has 0 aliphatic rings. The highest BCUT2D eigenvalue weighted by atomic mass is 32.2. The zero-order valence-corrected chi connectivity index (χ0v) is 17.4. The molecular weight excluding hydrogens is 422 g/mol. The first-order valence-corrected chi connectivity index (χ1v) is 10.1. The smallest absolute Gasteiger partial charge is 0.269 e. The Bertz CT molecular complexity index is 1170. The van der Waals surface area contributed by atoms with Crippen LogP contribution >= 0.6 is 11.8 Å². The molecule has 11 nitrogen and oxygen atoms in total. The maximum atomic E-state index is 10.8. The van der Waals surface area contributed by atoms with Gasteiger partial charge >= 0.3 is 0 Å². The highest BCUT2D eigenvalue weighted by molar-refractivity contribution is 7.99. The van der Waals surface area contributed by atoms with Gasteiger partial charge in [0.1, 0.15) is 5.75 Å². The average molecular weight is 439 g/mol. The van der Waals surface area contributed by atoms with E-state index in [-0.39, 0.29) is 16.8 Å². The van der Waals surface area contributed by atoms with Gasteiger partial charge in [-0.2, -0.15) is 0 Å². The Morgan fingerprint density at radius 3 is 2.55 bits per heavy atom. The van der Waals surface area contributed by atoms with E-state index in [1.165, 1.54) is 23.9 Å². The second kappa shape index (κ2) is 8.92. The van der Waals surface area contributed by atoms with E-state index in [9.17, 15) is 10.1 Å². The Kier molecular flexibility index (Phi) is 5.89. The molecule has 0 aliphatic heterocycles. The van der Waals surface area contributed by atoms with E-state index in [0.29, 0.717) is 23.2 Å². The molecule has 0 bridgehead atoms. The molecule has 158 valence electrons. The van der Waals surface area contributed by atoms with Gasteiger partial charge in [-0.25, -0.2) is 4.68 Å². The number of tetrazole rings is 1. The van der Waals surface area contributed by atoms with Gasteiger partial charge in [-0.15, -0.1) is 15.3 Å². The van der Waals surface area contributed by atoms with Crippen LogP contribution in [0.4, 0.5) is 5.69 Å². The molecule has 0 saturated carbocycles. The molecule has 0 radical (unpaired) electrons. The van der Waals surface area contributed by atoms with E-state index in [2.05, 4.69) is 25.7 Å². The highest BCUT2D eigenvalue weighted by Gasteiger charge is 2.20. The number of thioether (sulfide) groups is 1. The van der Waals surface area contributed by atoms with Gasteiger partial charge < -0.3 is 9.15 Å². The minimum Gasteiger partial charge on any atom is -0.497 e. The molecule has 2 aromatic heterocycles. The highest BCUT2D eigenvalue weighted by Crippen LogP contribution is 2.34. The van der Waals surface area contributed by atoms with E-state index in [4.69, 9.17) is 9.15 Å². The molecule has 1 atom stereocenters. The number of hydrogen-bond acceptors (Lipinski definition) is 10. The summed E-state index contributed by atoms with van der Waals surface area (Å²) >= 11 is 1.39. The number of nitro benzene ring substituents is 1. The predicted molar refractivity (Wildman–Crippen MR) is 111 cm³/mol. The SMILES string of the molecule is COc1ccc(Cn2nnnc2SC(C)c2nnc(-c3ccc([N+](=O)[O-])cc3)o2)cc1. The lowest BCUT2D eigenvalue weighted by molar-refractivity contribution is -0.384. The van der Waals surface area contributed by atoms with Crippen molar-refractivity contribution in [3.8, 4) is 17.2 Å². The van der Waals surface area contributed by atoms with Gasteiger partial charge in [0.05, 0.1) is 23.8 Å². The fourth-order valence-corrected chi connectivity index (χ4v) is 3.55. The van der Waals surface area contributed by atoms with Crippen molar-refractivity contribution in [2.75, 3.05) is 7.11 Å². The molecular formula is C19H17N7O4S. The number of hydrogen-bond donors (Lipinski definition) is 0. The number of benzene rings is 2. The minimum absolute atomic E-state index is 0.00360. The molecule has 0 aliphatic carbocycles. The lowest BCUT2D eigenvalue weighted by Gasteiger charge is -2.08. The molecule has 4 aromatic rings. The summed E-state index contributed by atoms with van der Waals surface area (Å²) < 4.78 is 12.6. The van der Waals surface area contributed by atoms with Crippen LogP contribution in [0.15, 0.2) is 58.1 Å². The molecule has 0 spiro atoms. The Labute approximate surface area is 180 Å². The summed E-state index contributed by atoms with van der Waals surface area (Å²) in [6.07, 6.45) is 0. The Balaban J connectivity index is 1.45. The van der Waals surface area contributed by atoms with E-state index < -0.39 is 4.92 Å². The van der Waals surface area contributed by atoms with Crippen LogP contribution < -0.4 is 4.74 Å². The number of ether oxygens (including phenoxy) is 1. The van der Waals surface area contributed by atoms with Gasteiger partial charge in [0.15, 0.2) is 0 Å². The summed E-state index contributed by atoms with van der Waals surface area (Å²) in [5, 5.41) is 31.3. The number of rotatable bonds is 8. The molecule has 1 unspecified atom stereocenters. The fraction of sp³-hybridized carbons (Fsp3) is 0.211. The van der Waals surface area contributed by atoms with Crippen LogP contribution in [-0.2, 0) is 6.54 Å². The normalized spacial score (nSPS) is 11.9.